The van der Waals surface area contributed by atoms with Crippen LogP contribution in [0.1, 0.15) is 85.7 Å². The van der Waals surface area contributed by atoms with Crippen molar-refractivity contribution >= 4 is 5.78 Å². The summed E-state index contributed by atoms with van der Waals surface area (Å²) in [6, 6.07) is 13.4. The standard InChI is InChI=1S/C30H42FNO3/c1-32-22-24(19-23-9-4-3-5-10-23)20-29(33)25-11-8-12-27(21-25)30(34,17-6-7-18-35-2)26-13-15-28(31)16-14-26/h8,11-16,21,23-24,32,34H,3-7,9-10,17-20,22H2,1-2H3/t24-,30-/m1/s1. The van der Waals surface area contributed by atoms with Crippen LogP contribution >= 0.6 is 0 Å². The summed E-state index contributed by atoms with van der Waals surface area (Å²) in [6.45, 7) is 1.45. The van der Waals surface area contributed by atoms with E-state index in [0.717, 1.165) is 31.7 Å². The maximum atomic E-state index is 13.6. The number of hydrogen-bond acceptors (Lipinski definition) is 4. The number of benzene rings is 2. The molecule has 0 aliphatic heterocycles. The van der Waals surface area contributed by atoms with E-state index in [2.05, 4.69) is 5.32 Å². The van der Waals surface area contributed by atoms with Crippen molar-refractivity contribution in [2.24, 2.45) is 11.8 Å². The Morgan fingerprint density at radius 3 is 2.54 bits per heavy atom. The summed E-state index contributed by atoms with van der Waals surface area (Å²) >= 11 is 0. The van der Waals surface area contributed by atoms with E-state index in [1.165, 1.54) is 44.2 Å². The second-order valence-electron chi connectivity index (χ2n) is 10.2. The van der Waals surface area contributed by atoms with Gasteiger partial charge in [0.25, 0.3) is 0 Å². The van der Waals surface area contributed by atoms with Crippen LogP contribution in [0.15, 0.2) is 48.5 Å². The summed E-state index contributed by atoms with van der Waals surface area (Å²) in [5.41, 5.74) is 0.630. The molecule has 1 fully saturated rings. The third kappa shape index (κ3) is 7.96. The molecule has 0 spiro atoms. The van der Waals surface area contributed by atoms with Crippen LogP contribution in [-0.2, 0) is 10.3 Å². The van der Waals surface area contributed by atoms with Crippen molar-refractivity contribution in [2.45, 2.75) is 69.8 Å². The predicted molar refractivity (Wildman–Crippen MR) is 139 cm³/mol. The van der Waals surface area contributed by atoms with Crippen molar-refractivity contribution in [1.29, 1.82) is 0 Å². The van der Waals surface area contributed by atoms with Gasteiger partial charge < -0.3 is 15.2 Å². The highest BCUT2D eigenvalue weighted by Gasteiger charge is 2.32. The van der Waals surface area contributed by atoms with Crippen LogP contribution in [0.4, 0.5) is 4.39 Å². The van der Waals surface area contributed by atoms with E-state index in [4.69, 9.17) is 4.74 Å². The first-order valence-corrected chi connectivity index (χ1v) is 13.2. The Labute approximate surface area is 210 Å². The largest absolute Gasteiger partial charge is 0.385 e. The molecule has 0 bridgehead atoms. The number of carbonyl (C=O) groups excluding carboxylic acids is 1. The van der Waals surface area contributed by atoms with Crippen LogP contribution in [-0.4, -0.2) is 38.2 Å². The molecule has 0 saturated heterocycles. The molecule has 4 nitrogen and oxygen atoms in total. The van der Waals surface area contributed by atoms with Crippen LogP contribution in [0, 0.1) is 17.7 Å². The van der Waals surface area contributed by atoms with Gasteiger partial charge in [0.2, 0.25) is 0 Å². The Morgan fingerprint density at radius 2 is 1.86 bits per heavy atom. The van der Waals surface area contributed by atoms with Crippen LogP contribution in [0.25, 0.3) is 0 Å². The van der Waals surface area contributed by atoms with Crippen molar-refractivity contribution in [3.63, 3.8) is 0 Å². The summed E-state index contributed by atoms with van der Waals surface area (Å²) in [7, 11) is 3.61. The lowest BCUT2D eigenvalue weighted by Crippen LogP contribution is -2.28. The normalized spacial score (nSPS) is 17.1. The van der Waals surface area contributed by atoms with Gasteiger partial charge in [0.15, 0.2) is 5.78 Å². The predicted octanol–water partition coefficient (Wildman–Crippen LogP) is 6.26. The molecular formula is C30H42FNO3. The van der Waals surface area contributed by atoms with Gasteiger partial charge >= 0.3 is 0 Å². The van der Waals surface area contributed by atoms with Gasteiger partial charge in [0.1, 0.15) is 11.4 Å². The molecule has 1 aliphatic carbocycles. The third-order valence-corrected chi connectivity index (χ3v) is 7.48. The number of ketones is 1. The summed E-state index contributed by atoms with van der Waals surface area (Å²) in [6.07, 6.45) is 10.1. The zero-order chi connectivity index (χ0) is 25.1. The molecule has 0 radical (unpaired) electrons. The molecule has 2 aromatic carbocycles. The maximum absolute atomic E-state index is 13.6. The number of rotatable bonds is 14. The molecule has 0 amide bonds. The lowest BCUT2D eigenvalue weighted by molar-refractivity contribution is 0.0650. The van der Waals surface area contributed by atoms with E-state index in [-0.39, 0.29) is 11.6 Å². The highest BCUT2D eigenvalue weighted by molar-refractivity contribution is 5.96. The van der Waals surface area contributed by atoms with E-state index in [1.54, 1.807) is 19.2 Å². The topological polar surface area (TPSA) is 58.6 Å². The molecule has 2 N–H and O–H groups in total. The average Bonchev–Trinajstić information content (AvgIpc) is 2.87. The number of methoxy groups -OCH3 is 1. The summed E-state index contributed by atoms with van der Waals surface area (Å²) < 4.78 is 18.8. The molecule has 35 heavy (non-hydrogen) atoms. The smallest absolute Gasteiger partial charge is 0.163 e. The SMILES string of the molecule is CNC[C@@H](CC(=O)c1cccc([C@@](O)(CCCCOC)c2ccc(F)cc2)c1)CC1CCCCC1. The van der Waals surface area contributed by atoms with E-state index in [1.807, 2.05) is 31.3 Å². The summed E-state index contributed by atoms with van der Waals surface area (Å²) in [5, 5.41) is 15.1. The minimum Gasteiger partial charge on any atom is -0.385 e. The number of unbranched alkanes of at least 4 members (excludes halogenated alkanes) is 1. The molecule has 1 aliphatic rings. The fourth-order valence-corrected chi connectivity index (χ4v) is 5.56. The van der Waals surface area contributed by atoms with Gasteiger partial charge in [0, 0.05) is 25.7 Å². The van der Waals surface area contributed by atoms with Crippen molar-refractivity contribution in [3.8, 4) is 0 Å². The Morgan fingerprint density at radius 1 is 1.11 bits per heavy atom. The first-order valence-electron chi connectivity index (χ1n) is 13.2. The van der Waals surface area contributed by atoms with Gasteiger partial charge in [-0.1, -0.05) is 62.4 Å². The fourth-order valence-electron chi connectivity index (χ4n) is 5.56. The second-order valence-corrected chi connectivity index (χ2v) is 10.2. The number of nitrogens with one attached hydrogen (secondary N) is 1. The number of ether oxygens (including phenoxy) is 1. The molecule has 2 atom stereocenters. The number of aliphatic hydroxyl groups is 1. The minimum absolute atomic E-state index is 0.115. The van der Waals surface area contributed by atoms with Crippen molar-refractivity contribution in [1.82, 2.24) is 5.32 Å². The number of hydrogen-bond donors (Lipinski definition) is 2. The summed E-state index contributed by atoms with van der Waals surface area (Å²) in [5.74, 6) is 0.804. The zero-order valence-electron chi connectivity index (χ0n) is 21.4. The lowest BCUT2D eigenvalue weighted by Gasteiger charge is -2.30. The van der Waals surface area contributed by atoms with Gasteiger partial charge in [-0.15, -0.1) is 0 Å². The Kier molecular flexibility index (Phi) is 10.9. The summed E-state index contributed by atoms with van der Waals surface area (Å²) in [4.78, 5) is 13.4. The van der Waals surface area contributed by atoms with Gasteiger partial charge in [-0.2, -0.15) is 0 Å². The molecular weight excluding hydrogens is 441 g/mol. The van der Waals surface area contributed by atoms with Gasteiger partial charge in [0.05, 0.1) is 0 Å². The molecule has 192 valence electrons. The third-order valence-electron chi connectivity index (χ3n) is 7.48. The maximum Gasteiger partial charge on any atom is 0.163 e. The van der Waals surface area contributed by atoms with E-state index < -0.39 is 5.60 Å². The van der Waals surface area contributed by atoms with Crippen LogP contribution in [0.5, 0.6) is 0 Å². The number of halogens is 1. The fraction of sp³-hybridized carbons (Fsp3) is 0.567. The van der Waals surface area contributed by atoms with Crippen LogP contribution in [0.3, 0.4) is 0 Å². The Balaban J connectivity index is 1.79. The minimum atomic E-state index is -1.30. The van der Waals surface area contributed by atoms with E-state index in [0.29, 0.717) is 42.1 Å². The lowest BCUT2D eigenvalue weighted by atomic mass is 9.79. The van der Waals surface area contributed by atoms with E-state index in [9.17, 15) is 14.3 Å². The molecule has 5 heteroatoms. The van der Waals surface area contributed by atoms with Crippen molar-refractivity contribution < 1.29 is 19.0 Å². The average molecular weight is 484 g/mol. The first kappa shape index (κ1) is 27.5. The molecule has 3 rings (SSSR count). The first-order chi connectivity index (χ1) is 17.0. The number of Topliss-reactive ketones (excluding diaryl/α,β-unsaturated/α-hetero) is 1. The van der Waals surface area contributed by atoms with Gasteiger partial charge in [-0.25, -0.2) is 4.39 Å². The quantitative estimate of drug-likeness (QED) is 0.246. The Bertz CT molecular complexity index is 910. The zero-order valence-corrected chi connectivity index (χ0v) is 21.4. The van der Waals surface area contributed by atoms with Crippen molar-refractivity contribution in [2.75, 3.05) is 27.3 Å². The molecule has 0 unspecified atom stereocenters. The van der Waals surface area contributed by atoms with Crippen molar-refractivity contribution in [3.05, 3.63) is 71.0 Å². The number of carbonyl (C=O) groups is 1. The molecule has 0 aromatic heterocycles. The monoisotopic (exact) mass is 483 g/mol. The highest BCUT2D eigenvalue weighted by Crippen LogP contribution is 2.36. The molecule has 0 heterocycles. The highest BCUT2D eigenvalue weighted by atomic mass is 19.1. The van der Waals surface area contributed by atoms with Gasteiger partial charge in [-0.3, -0.25) is 4.79 Å². The Hall–Kier alpha value is -2.08. The van der Waals surface area contributed by atoms with E-state index >= 15 is 0 Å². The molecule has 2 aromatic rings. The van der Waals surface area contributed by atoms with Crippen LogP contribution in [0.2, 0.25) is 0 Å². The second kappa shape index (κ2) is 13.9. The molecule has 1 saturated carbocycles. The van der Waals surface area contributed by atoms with Gasteiger partial charge in [-0.05, 0) is 80.4 Å². The van der Waals surface area contributed by atoms with Crippen LogP contribution < -0.4 is 5.32 Å².